The van der Waals surface area contributed by atoms with Crippen LogP contribution in [0.15, 0.2) is 89.7 Å². The molecular weight excluding hydrogens is 346 g/mol. The second-order valence-corrected chi connectivity index (χ2v) is 6.95. The van der Waals surface area contributed by atoms with E-state index in [4.69, 9.17) is 4.98 Å². The molecule has 0 bridgehead atoms. The number of nitrogens with zero attached hydrogens (tertiary/aromatic N) is 2. The Labute approximate surface area is 162 Å². The monoisotopic (exact) mass is 365 g/mol. The minimum absolute atomic E-state index is 0.0431. The Morgan fingerprint density at radius 2 is 1.50 bits per heavy atom. The van der Waals surface area contributed by atoms with Crippen LogP contribution in [0.25, 0.3) is 33.3 Å². The molecule has 0 aliphatic heterocycles. The van der Waals surface area contributed by atoms with Crippen molar-refractivity contribution in [1.29, 1.82) is 0 Å². The van der Waals surface area contributed by atoms with Gasteiger partial charge in [-0.2, -0.15) is 0 Å². The standard InChI is InChI=1S/C24H19N3O/c1-16(17-10-4-2-5-11-17)27-20-15-9-8-14-19(20)21-23(27)25-22(26-24(21)28)18-12-6-3-7-13-18/h2-16H,1H3,(H,25,26,28)/t16-/m1/s1. The highest BCUT2D eigenvalue weighted by Crippen LogP contribution is 2.32. The van der Waals surface area contributed by atoms with Crippen molar-refractivity contribution < 1.29 is 0 Å². The predicted octanol–water partition coefficient (Wildman–Crippen LogP) is 5.15. The molecule has 2 heterocycles. The third-order valence-electron chi connectivity index (χ3n) is 5.28. The molecule has 136 valence electrons. The fraction of sp³-hybridized carbons (Fsp3) is 0.0833. The molecule has 4 nitrogen and oxygen atoms in total. The number of rotatable bonds is 3. The van der Waals surface area contributed by atoms with Crippen LogP contribution < -0.4 is 5.56 Å². The van der Waals surface area contributed by atoms with Gasteiger partial charge in [0.2, 0.25) is 0 Å². The summed E-state index contributed by atoms with van der Waals surface area (Å²) in [6.07, 6.45) is 0. The maximum absolute atomic E-state index is 13.1. The van der Waals surface area contributed by atoms with E-state index in [-0.39, 0.29) is 11.6 Å². The highest BCUT2D eigenvalue weighted by molar-refractivity contribution is 6.06. The molecule has 3 aromatic carbocycles. The van der Waals surface area contributed by atoms with Crippen LogP contribution in [0, 0.1) is 0 Å². The second-order valence-electron chi connectivity index (χ2n) is 6.95. The van der Waals surface area contributed by atoms with Crippen molar-refractivity contribution in [2.24, 2.45) is 0 Å². The van der Waals surface area contributed by atoms with E-state index in [9.17, 15) is 4.79 Å². The van der Waals surface area contributed by atoms with E-state index in [2.05, 4.69) is 34.7 Å². The van der Waals surface area contributed by atoms with E-state index < -0.39 is 0 Å². The largest absolute Gasteiger partial charge is 0.318 e. The van der Waals surface area contributed by atoms with E-state index >= 15 is 0 Å². The van der Waals surface area contributed by atoms with Crippen LogP contribution in [0.3, 0.4) is 0 Å². The summed E-state index contributed by atoms with van der Waals surface area (Å²) in [5, 5.41) is 1.56. The zero-order chi connectivity index (χ0) is 19.1. The van der Waals surface area contributed by atoms with E-state index in [0.717, 1.165) is 16.5 Å². The highest BCUT2D eigenvalue weighted by Gasteiger charge is 2.20. The molecular formula is C24H19N3O. The first-order chi connectivity index (χ1) is 13.7. The minimum atomic E-state index is -0.112. The Kier molecular flexibility index (Phi) is 3.83. The van der Waals surface area contributed by atoms with Crippen molar-refractivity contribution in [3.63, 3.8) is 0 Å². The number of aromatic amines is 1. The summed E-state index contributed by atoms with van der Waals surface area (Å²) in [6, 6.07) is 28.1. The molecule has 5 rings (SSSR count). The summed E-state index contributed by atoms with van der Waals surface area (Å²) < 4.78 is 2.17. The average Bonchev–Trinajstić information content (AvgIpc) is 3.09. The summed E-state index contributed by atoms with van der Waals surface area (Å²) >= 11 is 0. The van der Waals surface area contributed by atoms with Gasteiger partial charge in [0, 0.05) is 10.9 Å². The quantitative estimate of drug-likeness (QED) is 0.480. The van der Waals surface area contributed by atoms with Crippen LogP contribution in [-0.2, 0) is 0 Å². The van der Waals surface area contributed by atoms with E-state index in [1.54, 1.807) is 0 Å². The number of aromatic nitrogens is 3. The molecule has 28 heavy (non-hydrogen) atoms. The SMILES string of the molecule is C[C@H](c1ccccc1)n1c2ccccc2c2c(=O)[nH]c(-c3ccccc3)nc21. The normalized spacial score (nSPS) is 12.5. The number of benzene rings is 3. The molecule has 0 saturated carbocycles. The van der Waals surface area contributed by atoms with Crippen LogP contribution in [0.1, 0.15) is 18.5 Å². The third-order valence-corrected chi connectivity index (χ3v) is 5.28. The predicted molar refractivity (Wildman–Crippen MR) is 114 cm³/mol. The van der Waals surface area contributed by atoms with Crippen molar-refractivity contribution in [1.82, 2.24) is 14.5 Å². The zero-order valence-electron chi connectivity index (χ0n) is 15.5. The summed E-state index contributed by atoms with van der Waals surface area (Å²) in [4.78, 5) is 20.9. The fourth-order valence-corrected chi connectivity index (χ4v) is 3.89. The Bertz CT molecular complexity index is 1330. The number of H-pyrrole nitrogens is 1. The van der Waals surface area contributed by atoms with Crippen molar-refractivity contribution >= 4 is 21.9 Å². The van der Waals surface area contributed by atoms with Crippen LogP contribution in [0.2, 0.25) is 0 Å². The lowest BCUT2D eigenvalue weighted by Crippen LogP contribution is -2.12. The molecule has 1 atom stereocenters. The van der Waals surface area contributed by atoms with E-state index in [1.807, 2.05) is 66.7 Å². The number of para-hydroxylation sites is 1. The van der Waals surface area contributed by atoms with Gasteiger partial charge in [-0.05, 0) is 18.6 Å². The number of nitrogens with one attached hydrogen (secondary N) is 1. The fourth-order valence-electron chi connectivity index (χ4n) is 3.89. The summed E-state index contributed by atoms with van der Waals surface area (Å²) in [6.45, 7) is 2.15. The third kappa shape index (κ3) is 2.54. The first kappa shape index (κ1) is 16.5. The van der Waals surface area contributed by atoms with Gasteiger partial charge in [0.25, 0.3) is 5.56 Å². The van der Waals surface area contributed by atoms with Gasteiger partial charge in [-0.15, -0.1) is 0 Å². The molecule has 1 N–H and O–H groups in total. The van der Waals surface area contributed by atoms with Crippen LogP contribution in [0.5, 0.6) is 0 Å². The van der Waals surface area contributed by atoms with Crippen LogP contribution in [-0.4, -0.2) is 14.5 Å². The maximum atomic E-state index is 13.1. The average molecular weight is 365 g/mol. The summed E-state index contributed by atoms with van der Waals surface area (Å²) in [5.41, 5.74) is 3.68. The first-order valence-corrected chi connectivity index (χ1v) is 9.37. The number of fused-ring (bicyclic) bond motifs is 3. The molecule has 0 radical (unpaired) electrons. The van der Waals surface area contributed by atoms with Gasteiger partial charge in [-0.1, -0.05) is 78.9 Å². The molecule has 0 unspecified atom stereocenters. The van der Waals surface area contributed by atoms with Gasteiger partial charge in [0.15, 0.2) is 0 Å². The van der Waals surface area contributed by atoms with Gasteiger partial charge in [-0.3, -0.25) is 4.79 Å². The van der Waals surface area contributed by atoms with Gasteiger partial charge in [0.1, 0.15) is 11.5 Å². The molecule has 0 fully saturated rings. The zero-order valence-corrected chi connectivity index (χ0v) is 15.5. The van der Waals surface area contributed by atoms with Gasteiger partial charge >= 0.3 is 0 Å². The molecule has 0 aliphatic carbocycles. The minimum Gasteiger partial charge on any atom is -0.318 e. The van der Waals surface area contributed by atoms with Crippen molar-refractivity contribution in [3.05, 3.63) is 101 Å². The smallest absolute Gasteiger partial charge is 0.261 e. The Morgan fingerprint density at radius 1 is 0.857 bits per heavy atom. The molecule has 2 aromatic heterocycles. The topological polar surface area (TPSA) is 50.7 Å². The van der Waals surface area contributed by atoms with Crippen molar-refractivity contribution in [2.45, 2.75) is 13.0 Å². The lowest BCUT2D eigenvalue weighted by molar-refractivity contribution is 0.679. The van der Waals surface area contributed by atoms with Gasteiger partial charge in [-0.25, -0.2) is 4.98 Å². The number of hydrogen-bond donors (Lipinski definition) is 1. The Morgan fingerprint density at radius 3 is 2.25 bits per heavy atom. The molecule has 4 heteroatoms. The Hall–Kier alpha value is -3.66. The van der Waals surface area contributed by atoms with E-state index in [1.165, 1.54) is 5.56 Å². The summed E-state index contributed by atoms with van der Waals surface area (Å²) in [5.74, 6) is 0.586. The van der Waals surface area contributed by atoms with Crippen molar-refractivity contribution in [3.8, 4) is 11.4 Å². The molecule has 0 saturated heterocycles. The first-order valence-electron chi connectivity index (χ1n) is 9.37. The second kappa shape index (κ2) is 6.50. The lowest BCUT2D eigenvalue weighted by atomic mass is 10.1. The summed E-state index contributed by atoms with van der Waals surface area (Å²) in [7, 11) is 0. The van der Waals surface area contributed by atoms with Crippen LogP contribution in [0.4, 0.5) is 0 Å². The van der Waals surface area contributed by atoms with Crippen LogP contribution >= 0.6 is 0 Å². The van der Waals surface area contributed by atoms with E-state index in [0.29, 0.717) is 16.9 Å². The molecule has 0 amide bonds. The Balaban J connectivity index is 1.87. The maximum Gasteiger partial charge on any atom is 0.261 e. The molecule has 0 aliphatic rings. The van der Waals surface area contributed by atoms with Crippen molar-refractivity contribution in [2.75, 3.05) is 0 Å². The molecule has 5 aromatic rings. The number of hydrogen-bond acceptors (Lipinski definition) is 2. The lowest BCUT2D eigenvalue weighted by Gasteiger charge is -2.17. The molecule has 0 spiro atoms. The van der Waals surface area contributed by atoms with Gasteiger partial charge in [0.05, 0.1) is 16.9 Å². The highest BCUT2D eigenvalue weighted by atomic mass is 16.1. The van der Waals surface area contributed by atoms with Gasteiger partial charge < -0.3 is 9.55 Å².